The number of rotatable bonds is 32. The Balaban J connectivity index is 2.91. The number of nitrogens with zero attached hydrogens (tertiary/aromatic N) is 1. The normalized spacial score (nSPS) is 17.1. The molecule has 0 radical (unpaired) electrons. The first-order chi connectivity index (χ1) is 25.8. The van der Waals surface area contributed by atoms with Gasteiger partial charge in [0.25, 0.3) is 0 Å². The number of aliphatic hydroxyl groups excluding tert-OH is 1. The average molecular weight is 772 g/mol. The van der Waals surface area contributed by atoms with Gasteiger partial charge in [-0.2, -0.15) is 0 Å². The van der Waals surface area contributed by atoms with Gasteiger partial charge in [0.2, 0.25) is 0 Å². The second-order valence-corrected chi connectivity index (χ2v) is 13.8. The fourth-order valence-corrected chi connectivity index (χ4v) is 5.22. The van der Waals surface area contributed by atoms with E-state index in [1.807, 2.05) is 32.6 Å². The van der Waals surface area contributed by atoms with Crippen molar-refractivity contribution in [1.29, 1.82) is 0 Å². The Bertz CT molecular complexity index is 1120. The highest BCUT2D eigenvalue weighted by atomic mass is 16.6. The molecule has 1 aliphatic heterocycles. The molecule has 0 amide bonds. The molecular weight excluding hydrogens is 706 g/mol. The van der Waals surface area contributed by atoms with Crippen LogP contribution in [0.25, 0.3) is 0 Å². The predicted molar refractivity (Wildman–Crippen MR) is 199 cm³/mol. The average Bonchev–Trinajstić information content (AvgIpc) is 3.70. The molecule has 54 heavy (non-hydrogen) atoms. The van der Waals surface area contributed by atoms with Gasteiger partial charge < -0.3 is 47.7 Å². The highest BCUT2D eigenvalue weighted by Crippen LogP contribution is 2.29. The van der Waals surface area contributed by atoms with Crippen LogP contribution < -0.4 is 0 Å². The zero-order chi connectivity index (χ0) is 40.4. The molecule has 15 nitrogen and oxygen atoms in total. The number of hydrogen-bond acceptors (Lipinski definition) is 15. The lowest BCUT2D eigenvalue weighted by atomic mass is 9.86. The van der Waals surface area contributed by atoms with Crippen molar-refractivity contribution >= 4 is 23.9 Å². The molecule has 0 aromatic rings. The number of ether oxygens (including phenoxy) is 9. The summed E-state index contributed by atoms with van der Waals surface area (Å²) in [5.74, 6) is -2.42. The molecule has 1 aliphatic rings. The number of hydrogen-bond donors (Lipinski definition) is 1. The summed E-state index contributed by atoms with van der Waals surface area (Å²) in [7, 11) is 1.62. The summed E-state index contributed by atoms with van der Waals surface area (Å²) < 4.78 is 50.3. The molecule has 310 valence electrons. The molecule has 5 unspecified atom stereocenters. The van der Waals surface area contributed by atoms with E-state index in [-0.39, 0.29) is 77.5 Å². The zero-order valence-corrected chi connectivity index (χ0v) is 33.1. The van der Waals surface area contributed by atoms with Crippen LogP contribution in [-0.4, -0.2) is 151 Å². The van der Waals surface area contributed by atoms with Crippen molar-refractivity contribution in [2.75, 3.05) is 92.8 Å². The fraction of sp³-hybridized carbons (Fsp3) is 0.744. The molecule has 0 aromatic carbocycles. The third-order valence-electron chi connectivity index (χ3n) is 9.19. The summed E-state index contributed by atoms with van der Waals surface area (Å²) in [4.78, 5) is 50.9. The van der Waals surface area contributed by atoms with Gasteiger partial charge in [0, 0.05) is 51.6 Å². The first kappa shape index (κ1) is 48.8. The minimum atomic E-state index is -0.948. The van der Waals surface area contributed by atoms with Crippen LogP contribution in [0.15, 0.2) is 38.0 Å². The molecule has 1 N–H and O–H groups in total. The van der Waals surface area contributed by atoms with Gasteiger partial charge in [0.15, 0.2) is 0 Å². The molecular formula is C39H65NO14. The van der Waals surface area contributed by atoms with Crippen LogP contribution in [0, 0.1) is 10.8 Å². The predicted octanol–water partition coefficient (Wildman–Crippen LogP) is 3.22. The molecule has 1 heterocycles. The molecule has 15 heteroatoms. The molecule has 1 fully saturated rings. The Labute approximate surface area is 321 Å². The largest absolute Gasteiger partial charge is 0.465 e. The van der Waals surface area contributed by atoms with Crippen LogP contribution in [-0.2, 0) is 61.8 Å². The summed E-state index contributed by atoms with van der Waals surface area (Å²) in [6.07, 6.45) is 4.74. The number of methoxy groups -OCH3 is 1. The van der Waals surface area contributed by atoms with E-state index in [2.05, 4.69) is 19.7 Å². The van der Waals surface area contributed by atoms with Crippen LogP contribution in [0.2, 0.25) is 0 Å². The van der Waals surface area contributed by atoms with Gasteiger partial charge in [-0.3, -0.25) is 9.69 Å². The van der Waals surface area contributed by atoms with Crippen molar-refractivity contribution in [3.8, 4) is 0 Å². The second-order valence-electron chi connectivity index (χ2n) is 13.8. The van der Waals surface area contributed by atoms with Crippen molar-refractivity contribution in [3.63, 3.8) is 0 Å². The van der Waals surface area contributed by atoms with Crippen molar-refractivity contribution in [3.05, 3.63) is 38.0 Å². The van der Waals surface area contributed by atoms with Gasteiger partial charge in [-0.1, -0.05) is 33.6 Å². The van der Waals surface area contributed by atoms with Gasteiger partial charge >= 0.3 is 23.9 Å². The maximum absolute atomic E-state index is 13.2. The third-order valence-corrected chi connectivity index (χ3v) is 9.19. The lowest BCUT2D eigenvalue weighted by molar-refractivity contribution is -0.159. The smallest absolute Gasteiger partial charge is 0.330 e. The van der Waals surface area contributed by atoms with Crippen LogP contribution in [0.3, 0.4) is 0 Å². The summed E-state index contributed by atoms with van der Waals surface area (Å²) in [5, 5.41) is 10.8. The third kappa shape index (κ3) is 20.5. The van der Waals surface area contributed by atoms with Crippen molar-refractivity contribution < 1.29 is 66.9 Å². The molecule has 1 rings (SSSR count). The molecule has 0 bridgehead atoms. The minimum absolute atomic E-state index is 0.00730. The van der Waals surface area contributed by atoms with Crippen molar-refractivity contribution in [1.82, 2.24) is 4.90 Å². The first-order valence-corrected chi connectivity index (χ1v) is 18.6. The Hall–Kier alpha value is -3.18. The van der Waals surface area contributed by atoms with E-state index in [9.17, 15) is 24.3 Å². The van der Waals surface area contributed by atoms with E-state index in [4.69, 9.17) is 42.6 Å². The molecule has 0 saturated carbocycles. The Morgan fingerprint density at radius 1 is 0.796 bits per heavy atom. The lowest BCUT2D eigenvalue weighted by Gasteiger charge is -2.35. The van der Waals surface area contributed by atoms with Gasteiger partial charge in [0.1, 0.15) is 26.4 Å². The van der Waals surface area contributed by atoms with Crippen molar-refractivity contribution in [2.24, 2.45) is 10.8 Å². The van der Waals surface area contributed by atoms with Crippen LogP contribution in [0.5, 0.6) is 0 Å². The molecule has 1 saturated heterocycles. The monoisotopic (exact) mass is 771 g/mol. The Morgan fingerprint density at radius 3 is 1.80 bits per heavy atom. The molecule has 0 aromatic heterocycles. The summed E-state index contributed by atoms with van der Waals surface area (Å²) in [6.45, 7) is 19.8. The van der Waals surface area contributed by atoms with Crippen LogP contribution in [0.4, 0.5) is 0 Å². The maximum atomic E-state index is 13.2. The van der Waals surface area contributed by atoms with E-state index in [0.717, 1.165) is 31.1 Å². The molecule has 5 atom stereocenters. The second kappa shape index (κ2) is 27.4. The SMILES string of the molecule is C=CC(=O)OCC(CC)(COCC(CC)(COC(=O)C=C)COC(=O)CCN(CC(O)COCC(C)OCC(C)OC)CC1CCCO1)COC(=O)C=C. The van der Waals surface area contributed by atoms with E-state index in [1.54, 1.807) is 7.11 Å². The summed E-state index contributed by atoms with van der Waals surface area (Å²) in [5.41, 5.74) is -1.86. The molecule has 0 aliphatic carbocycles. The number of esters is 4. The lowest BCUT2D eigenvalue weighted by Crippen LogP contribution is -2.43. The topological polar surface area (TPSA) is 175 Å². The summed E-state index contributed by atoms with van der Waals surface area (Å²) >= 11 is 0. The minimum Gasteiger partial charge on any atom is -0.465 e. The Morgan fingerprint density at radius 2 is 1.33 bits per heavy atom. The zero-order valence-electron chi connectivity index (χ0n) is 33.1. The number of carbonyl (C=O) groups is 4. The Kier molecular flexibility index (Phi) is 24.8. The van der Waals surface area contributed by atoms with Crippen LogP contribution >= 0.6 is 0 Å². The quantitative estimate of drug-likeness (QED) is 0.0599. The summed E-state index contributed by atoms with van der Waals surface area (Å²) in [6, 6.07) is 0. The van der Waals surface area contributed by atoms with Gasteiger partial charge in [0.05, 0.1) is 74.7 Å². The van der Waals surface area contributed by atoms with E-state index < -0.39 is 40.8 Å². The van der Waals surface area contributed by atoms with Gasteiger partial charge in [-0.05, 0) is 39.5 Å². The van der Waals surface area contributed by atoms with Crippen LogP contribution in [0.1, 0.15) is 59.8 Å². The highest BCUT2D eigenvalue weighted by Gasteiger charge is 2.37. The van der Waals surface area contributed by atoms with Gasteiger partial charge in [-0.15, -0.1) is 0 Å². The number of carbonyl (C=O) groups excluding carboxylic acids is 4. The van der Waals surface area contributed by atoms with E-state index in [1.165, 1.54) is 0 Å². The van der Waals surface area contributed by atoms with E-state index in [0.29, 0.717) is 45.8 Å². The maximum Gasteiger partial charge on any atom is 0.330 e. The fourth-order valence-electron chi connectivity index (χ4n) is 5.22. The van der Waals surface area contributed by atoms with E-state index >= 15 is 0 Å². The first-order valence-electron chi connectivity index (χ1n) is 18.6. The highest BCUT2D eigenvalue weighted by molar-refractivity contribution is 5.82. The standard InChI is InChI=1S/C39H65NO14/c1-9-34(42)51-26-38(12-4,27-52-35(43)10-2)24-48-25-39(13-5,28-53-36(44)11-3)29-54-37(45)16-17-40(20-33-15-14-18-49-33)19-32(41)23-47-21-31(7)50-22-30(6)46-8/h9-11,30-33,41H,1-3,12-29H2,4-8H3. The number of aliphatic hydroxyl groups is 1. The van der Waals surface area contributed by atoms with Gasteiger partial charge in [-0.25, -0.2) is 14.4 Å². The van der Waals surface area contributed by atoms with Crippen molar-refractivity contribution in [2.45, 2.75) is 84.2 Å². The molecule has 0 spiro atoms.